The van der Waals surface area contributed by atoms with Gasteiger partial charge in [-0.05, 0) is 0 Å². The maximum absolute atomic E-state index is 10.9. The molecule has 0 bridgehead atoms. The highest BCUT2D eigenvalue weighted by atomic mass is 16.8. The van der Waals surface area contributed by atoms with Crippen LogP contribution >= 0.6 is 0 Å². The Hall–Kier alpha value is -1.13. The van der Waals surface area contributed by atoms with Crippen molar-refractivity contribution < 1.29 is 105 Å². The summed E-state index contributed by atoms with van der Waals surface area (Å²) >= 11 is 0. The van der Waals surface area contributed by atoms with Crippen LogP contribution in [0.25, 0.3) is 0 Å². The topological polar surface area (TPSA) is 356 Å². The minimum Gasteiger partial charge on any atom is -0.394 e. The Balaban J connectivity index is 1.70. The molecule has 0 saturated carbocycles. The normalized spacial score (nSPS) is 45.4. The predicted molar refractivity (Wildman–Crippen MR) is 135 cm³/mol. The fourth-order valence-corrected chi connectivity index (χ4v) is 4.98. The molecule has 0 radical (unpaired) electrons. The van der Waals surface area contributed by atoms with Gasteiger partial charge in [-0.25, -0.2) is 0 Å². The van der Waals surface area contributed by atoms with Gasteiger partial charge in [-0.15, -0.1) is 0 Å². The van der Waals surface area contributed by atoms with E-state index in [2.05, 4.69) is 0 Å². The Morgan fingerprint density at radius 3 is 1.69 bits per heavy atom. The molecule has 3 saturated heterocycles. The second-order valence-electron chi connectivity index (χ2n) is 10.8. The molecular weight excluding hydrogens is 624 g/mol. The fraction of sp³-hybridized carbons (Fsp3) is 0.958. The van der Waals surface area contributed by atoms with Crippen LogP contribution in [-0.4, -0.2) is 221 Å². The lowest BCUT2D eigenvalue weighted by Crippen LogP contribution is -2.65. The average molecular weight is 667 g/mol. The van der Waals surface area contributed by atoms with Gasteiger partial charge in [0.25, 0.3) is 0 Å². The Kier molecular flexibility index (Phi) is 14.3. The zero-order valence-electron chi connectivity index (χ0n) is 23.5. The van der Waals surface area contributed by atoms with Gasteiger partial charge in [0.15, 0.2) is 25.2 Å². The first kappa shape index (κ1) is 38.3. The summed E-state index contributed by atoms with van der Waals surface area (Å²) in [5, 5.41) is 141. The zero-order chi connectivity index (χ0) is 33.7. The third-order valence-electron chi connectivity index (χ3n) is 7.74. The lowest BCUT2D eigenvalue weighted by atomic mass is 9.96. The molecule has 0 aromatic heterocycles. The predicted octanol–water partition coefficient (Wildman–Crippen LogP) is -9.91. The maximum Gasteiger partial charge on any atom is 0.187 e. The van der Waals surface area contributed by atoms with Gasteiger partial charge in [-0.1, -0.05) is 0 Å². The molecule has 0 amide bonds. The van der Waals surface area contributed by atoms with Crippen molar-refractivity contribution in [3.8, 4) is 0 Å². The number of carbonyl (C=O) groups excluding carboxylic acids is 1. The molecule has 3 aliphatic rings. The van der Waals surface area contributed by atoms with E-state index in [4.69, 9.17) is 28.4 Å². The number of rotatable bonds is 14. The summed E-state index contributed by atoms with van der Waals surface area (Å²) in [6.07, 6.45) is -35.3. The first-order valence-electron chi connectivity index (χ1n) is 13.9. The molecular formula is C24H42O21. The molecule has 21 nitrogen and oxygen atoms in total. The van der Waals surface area contributed by atoms with Gasteiger partial charge < -0.3 is 105 Å². The summed E-state index contributed by atoms with van der Waals surface area (Å²) in [5.41, 5.74) is 0. The third-order valence-corrected chi connectivity index (χ3v) is 7.74. The highest BCUT2D eigenvalue weighted by molar-refractivity contribution is 5.56. The summed E-state index contributed by atoms with van der Waals surface area (Å²) in [7, 11) is 0. The molecule has 0 aromatic carbocycles. The number of aldehydes is 1. The number of hydrogen-bond acceptors (Lipinski definition) is 21. The summed E-state index contributed by atoms with van der Waals surface area (Å²) in [5.74, 6) is 0. The van der Waals surface area contributed by atoms with Gasteiger partial charge in [0, 0.05) is 0 Å². The van der Waals surface area contributed by atoms with Crippen LogP contribution < -0.4 is 0 Å². The van der Waals surface area contributed by atoms with E-state index in [1.807, 2.05) is 0 Å². The van der Waals surface area contributed by atoms with Crippen molar-refractivity contribution in [1.82, 2.24) is 0 Å². The first-order chi connectivity index (χ1) is 21.2. The van der Waals surface area contributed by atoms with E-state index in [1.54, 1.807) is 0 Å². The van der Waals surface area contributed by atoms with Crippen LogP contribution in [0.5, 0.6) is 0 Å². The number of aliphatic hydroxyl groups excluding tert-OH is 14. The lowest BCUT2D eigenvalue weighted by molar-refractivity contribution is -0.371. The standard InChI is InChI=1S/C24H42O21/c25-1-6(29)11(31)20(7(30)2-26)44-24-19(39)16(36)21(9(4-28)42-24)45-23-18(38)15(35)13(33)10(43-23)5-40-22-17(37)14(34)12(32)8(3-27)41-22/h1,6-24,26-39H,2-5H2. The molecule has 3 rings (SSSR count). The van der Waals surface area contributed by atoms with E-state index in [1.165, 1.54) is 0 Å². The second-order valence-corrected chi connectivity index (χ2v) is 10.8. The van der Waals surface area contributed by atoms with Crippen molar-refractivity contribution in [3.05, 3.63) is 0 Å². The van der Waals surface area contributed by atoms with Crippen LogP contribution in [0.15, 0.2) is 0 Å². The number of hydrogen-bond donors (Lipinski definition) is 14. The molecule has 19 unspecified atom stereocenters. The molecule has 19 atom stereocenters. The number of ether oxygens (including phenoxy) is 6. The monoisotopic (exact) mass is 666 g/mol. The average Bonchev–Trinajstić information content (AvgIpc) is 3.04. The van der Waals surface area contributed by atoms with E-state index in [0.29, 0.717) is 0 Å². The SMILES string of the molecule is O=CC(O)C(O)C(OC1OC(CO)C(OC2OC(COC3OC(CO)C(O)C(O)C3O)C(O)C(O)C2O)C(O)C1O)C(O)CO. The van der Waals surface area contributed by atoms with Gasteiger partial charge in [0.2, 0.25) is 0 Å². The molecule has 3 heterocycles. The summed E-state index contributed by atoms with van der Waals surface area (Å²) in [6.45, 7) is -3.46. The van der Waals surface area contributed by atoms with Crippen molar-refractivity contribution >= 4 is 6.29 Å². The Morgan fingerprint density at radius 2 is 1.13 bits per heavy atom. The van der Waals surface area contributed by atoms with Crippen LogP contribution in [0.1, 0.15) is 0 Å². The van der Waals surface area contributed by atoms with Crippen LogP contribution in [-0.2, 0) is 33.2 Å². The summed E-state index contributed by atoms with van der Waals surface area (Å²) in [6, 6.07) is 0. The molecule has 14 N–H and O–H groups in total. The van der Waals surface area contributed by atoms with Crippen molar-refractivity contribution in [3.63, 3.8) is 0 Å². The van der Waals surface area contributed by atoms with E-state index in [-0.39, 0.29) is 6.29 Å². The highest BCUT2D eigenvalue weighted by Gasteiger charge is 2.52. The number of aliphatic hydroxyl groups is 14. The smallest absolute Gasteiger partial charge is 0.187 e. The molecule has 45 heavy (non-hydrogen) atoms. The van der Waals surface area contributed by atoms with Gasteiger partial charge in [-0.3, -0.25) is 0 Å². The molecule has 0 aliphatic carbocycles. The Labute approximate surface area is 254 Å². The van der Waals surface area contributed by atoms with Gasteiger partial charge in [0.1, 0.15) is 97.7 Å². The maximum atomic E-state index is 10.9. The zero-order valence-corrected chi connectivity index (χ0v) is 23.5. The van der Waals surface area contributed by atoms with Crippen LogP contribution in [0, 0.1) is 0 Å². The van der Waals surface area contributed by atoms with Crippen molar-refractivity contribution in [2.24, 2.45) is 0 Å². The Bertz CT molecular complexity index is 897. The van der Waals surface area contributed by atoms with Crippen molar-refractivity contribution in [2.75, 3.05) is 26.4 Å². The minimum absolute atomic E-state index is 0.0957. The molecule has 0 spiro atoms. The van der Waals surface area contributed by atoms with E-state index < -0.39 is 143 Å². The molecule has 3 fully saturated rings. The van der Waals surface area contributed by atoms with E-state index in [0.717, 1.165) is 0 Å². The van der Waals surface area contributed by atoms with Crippen LogP contribution in [0.4, 0.5) is 0 Å². The number of carbonyl (C=O) groups is 1. The highest BCUT2D eigenvalue weighted by Crippen LogP contribution is 2.31. The van der Waals surface area contributed by atoms with Gasteiger partial charge in [0.05, 0.1) is 26.4 Å². The quantitative estimate of drug-likeness (QED) is 0.0765. The molecule has 0 aromatic rings. The second kappa shape index (κ2) is 16.8. The third kappa shape index (κ3) is 8.48. The summed E-state index contributed by atoms with van der Waals surface area (Å²) < 4.78 is 32.2. The van der Waals surface area contributed by atoms with Crippen molar-refractivity contribution in [1.29, 1.82) is 0 Å². The lowest BCUT2D eigenvalue weighted by Gasteiger charge is -2.47. The minimum atomic E-state index is -2.14. The van der Waals surface area contributed by atoms with Gasteiger partial charge >= 0.3 is 0 Å². The fourth-order valence-electron chi connectivity index (χ4n) is 4.98. The molecule has 3 aliphatic heterocycles. The summed E-state index contributed by atoms with van der Waals surface area (Å²) in [4.78, 5) is 10.9. The molecule has 21 heteroatoms. The largest absolute Gasteiger partial charge is 0.394 e. The van der Waals surface area contributed by atoms with E-state index in [9.17, 15) is 76.3 Å². The van der Waals surface area contributed by atoms with Crippen LogP contribution in [0.2, 0.25) is 0 Å². The van der Waals surface area contributed by atoms with Gasteiger partial charge in [-0.2, -0.15) is 0 Å². The van der Waals surface area contributed by atoms with Crippen molar-refractivity contribution in [2.45, 2.75) is 117 Å². The molecule has 264 valence electrons. The van der Waals surface area contributed by atoms with Crippen LogP contribution in [0.3, 0.4) is 0 Å². The Morgan fingerprint density at radius 1 is 0.622 bits per heavy atom. The first-order valence-corrected chi connectivity index (χ1v) is 13.9. The van der Waals surface area contributed by atoms with E-state index >= 15 is 0 Å².